The van der Waals surface area contributed by atoms with Crippen LogP contribution in [0.5, 0.6) is 0 Å². The highest BCUT2D eigenvalue weighted by Gasteiger charge is 2.32. The SMILES string of the molecule is Cc1noc(C2CN(C(=O)CCCc3ccccc3)CCCN2CC(C)C)n1. The molecule has 0 bridgehead atoms. The van der Waals surface area contributed by atoms with Crippen molar-refractivity contribution in [2.75, 3.05) is 26.2 Å². The first kappa shape index (κ1) is 20.5. The van der Waals surface area contributed by atoms with Gasteiger partial charge in [-0.2, -0.15) is 4.98 Å². The number of aromatic nitrogens is 2. The Morgan fingerprint density at radius 3 is 2.71 bits per heavy atom. The Kier molecular flexibility index (Phi) is 7.20. The molecule has 152 valence electrons. The fourth-order valence-corrected chi connectivity index (χ4v) is 3.88. The molecule has 3 rings (SSSR count). The van der Waals surface area contributed by atoms with Crippen molar-refractivity contribution < 1.29 is 9.32 Å². The summed E-state index contributed by atoms with van der Waals surface area (Å²) in [7, 11) is 0. The number of hydrogen-bond acceptors (Lipinski definition) is 5. The maximum Gasteiger partial charge on any atom is 0.245 e. The molecule has 1 amide bonds. The number of nitrogens with zero attached hydrogens (tertiary/aromatic N) is 4. The van der Waals surface area contributed by atoms with Crippen molar-refractivity contribution in [3.63, 3.8) is 0 Å². The minimum Gasteiger partial charge on any atom is -0.341 e. The van der Waals surface area contributed by atoms with Crippen LogP contribution in [0.15, 0.2) is 34.9 Å². The molecule has 1 fully saturated rings. The molecule has 1 atom stereocenters. The minimum absolute atomic E-state index is 0.0239. The van der Waals surface area contributed by atoms with Crippen LogP contribution in [0.2, 0.25) is 0 Å². The molecule has 0 spiro atoms. The van der Waals surface area contributed by atoms with E-state index >= 15 is 0 Å². The summed E-state index contributed by atoms with van der Waals surface area (Å²) < 4.78 is 5.50. The number of aryl methyl sites for hydroxylation is 2. The molecular weight excluding hydrogens is 352 g/mol. The molecule has 0 aliphatic carbocycles. The minimum atomic E-state index is -0.0239. The molecule has 2 heterocycles. The Balaban J connectivity index is 1.63. The van der Waals surface area contributed by atoms with Crippen LogP contribution in [0.4, 0.5) is 0 Å². The highest BCUT2D eigenvalue weighted by molar-refractivity contribution is 5.76. The topological polar surface area (TPSA) is 62.5 Å². The van der Waals surface area contributed by atoms with Gasteiger partial charge in [0.05, 0.1) is 0 Å². The van der Waals surface area contributed by atoms with Gasteiger partial charge in [0.1, 0.15) is 6.04 Å². The van der Waals surface area contributed by atoms with Gasteiger partial charge in [0, 0.05) is 32.6 Å². The van der Waals surface area contributed by atoms with Gasteiger partial charge in [-0.05, 0) is 37.7 Å². The van der Waals surface area contributed by atoms with Crippen LogP contribution in [-0.4, -0.2) is 52.0 Å². The van der Waals surface area contributed by atoms with E-state index in [4.69, 9.17) is 4.52 Å². The third-order valence-corrected chi connectivity index (χ3v) is 5.19. The molecule has 0 radical (unpaired) electrons. The predicted octanol–water partition coefficient (Wildman–Crippen LogP) is 3.63. The number of benzene rings is 1. The highest BCUT2D eigenvalue weighted by Crippen LogP contribution is 2.25. The van der Waals surface area contributed by atoms with Gasteiger partial charge >= 0.3 is 0 Å². The molecule has 1 aromatic carbocycles. The Morgan fingerprint density at radius 1 is 1.25 bits per heavy atom. The summed E-state index contributed by atoms with van der Waals surface area (Å²) in [5.41, 5.74) is 1.29. The van der Waals surface area contributed by atoms with Crippen LogP contribution >= 0.6 is 0 Å². The fraction of sp³-hybridized carbons (Fsp3) is 0.591. The van der Waals surface area contributed by atoms with Gasteiger partial charge in [-0.3, -0.25) is 9.69 Å². The molecule has 0 N–H and O–H groups in total. The molecule has 1 saturated heterocycles. The summed E-state index contributed by atoms with van der Waals surface area (Å²) in [6.45, 7) is 9.59. The van der Waals surface area contributed by atoms with E-state index in [1.165, 1.54) is 5.56 Å². The molecule has 2 aromatic rings. The normalized spacial score (nSPS) is 18.4. The van der Waals surface area contributed by atoms with Crippen molar-refractivity contribution in [1.29, 1.82) is 0 Å². The quantitative estimate of drug-likeness (QED) is 0.729. The van der Waals surface area contributed by atoms with Crippen molar-refractivity contribution in [2.45, 2.75) is 52.5 Å². The van der Waals surface area contributed by atoms with Gasteiger partial charge in [0.2, 0.25) is 11.8 Å². The van der Waals surface area contributed by atoms with Crippen molar-refractivity contribution in [2.24, 2.45) is 5.92 Å². The van der Waals surface area contributed by atoms with Gasteiger partial charge < -0.3 is 9.42 Å². The lowest BCUT2D eigenvalue weighted by molar-refractivity contribution is -0.131. The van der Waals surface area contributed by atoms with Crippen LogP contribution in [-0.2, 0) is 11.2 Å². The number of carbonyl (C=O) groups is 1. The Hall–Kier alpha value is -2.21. The first-order valence-corrected chi connectivity index (χ1v) is 10.4. The largest absolute Gasteiger partial charge is 0.341 e. The van der Waals surface area contributed by atoms with Crippen LogP contribution in [0.1, 0.15) is 56.4 Å². The van der Waals surface area contributed by atoms with E-state index in [0.717, 1.165) is 38.9 Å². The summed E-state index contributed by atoms with van der Waals surface area (Å²) in [6.07, 6.45) is 3.36. The molecule has 0 saturated carbocycles. The van der Waals surface area contributed by atoms with Gasteiger partial charge in [-0.15, -0.1) is 0 Å². The van der Waals surface area contributed by atoms with E-state index in [2.05, 4.69) is 41.0 Å². The average Bonchev–Trinajstić information content (AvgIpc) is 2.99. The first-order valence-electron chi connectivity index (χ1n) is 10.4. The lowest BCUT2D eigenvalue weighted by atomic mass is 10.1. The Morgan fingerprint density at radius 2 is 2.04 bits per heavy atom. The second kappa shape index (κ2) is 9.82. The first-order chi connectivity index (χ1) is 13.5. The number of hydrogen-bond donors (Lipinski definition) is 0. The van der Waals surface area contributed by atoms with Crippen LogP contribution in [0.3, 0.4) is 0 Å². The number of amides is 1. The predicted molar refractivity (Wildman–Crippen MR) is 109 cm³/mol. The number of carbonyl (C=O) groups excluding carboxylic acids is 1. The zero-order valence-corrected chi connectivity index (χ0v) is 17.3. The van der Waals surface area contributed by atoms with Gasteiger partial charge in [0.25, 0.3) is 0 Å². The summed E-state index contributed by atoms with van der Waals surface area (Å²) in [5.74, 6) is 2.04. The van der Waals surface area contributed by atoms with Gasteiger partial charge in [0.15, 0.2) is 5.82 Å². The summed E-state index contributed by atoms with van der Waals surface area (Å²) in [4.78, 5) is 21.8. The maximum absolute atomic E-state index is 12.9. The molecule has 1 aromatic heterocycles. The third-order valence-electron chi connectivity index (χ3n) is 5.19. The van der Waals surface area contributed by atoms with E-state index < -0.39 is 0 Å². The van der Waals surface area contributed by atoms with Crippen molar-refractivity contribution in [3.8, 4) is 0 Å². The van der Waals surface area contributed by atoms with E-state index in [0.29, 0.717) is 30.6 Å². The van der Waals surface area contributed by atoms with Crippen molar-refractivity contribution in [3.05, 3.63) is 47.6 Å². The number of rotatable bonds is 7. The van der Waals surface area contributed by atoms with Gasteiger partial charge in [-0.25, -0.2) is 0 Å². The van der Waals surface area contributed by atoms with Crippen molar-refractivity contribution >= 4 is 5.91 Å². The molecule has 1 aliphatic heterocycles. The summed E-state index contributed by atoms with van der Waals surface area (Å²) in [5, 5.41) is 3.97. The van der Waals surface area contributed by atoms with E-state index in [1.54, 1.807) is 0 Å². The smallest absolute Gasteiger partial charge is 0.245 e. The second-order valence-electron chi connectivity index (χ2n) is 8.12. The molecule has 6 heteroatoms. The lowest BCUT2D eigenvalue weighted by Crippen LogP contribution is -2.39. The molecule has 28 heavy (non-hydrogen) atoms. The fourth-order valence-electron chi connectivity index (χ4n) is 3.88. The third kappa shape index (κ3) is 5.64. The summed E-state index contributed by atoms with van der Waals surface area (Å²) in [6, 6.07) is 10.3. The summed E-state index contributed by atoms with van der Waals surface area (Å²) >= 11 is 0. The van der Waals surface area contributed by atoms with E-state index in [-0.39, 0.29) is 11.9 Å². The average molecular weight is 385 g/mol. The Bertz CT molecular complexity index is 744. The van der Waals surface area contributed by atoms with Crippen molar-refractivity contribution in [1.82, 2.24) is 19.9 Å². The van der Waals surface area contributed by atoms with E-state index in [1.807, 2.05) is 30.0 Å². The molecule has 6 nitrogen and oxygen atoms in total. The zero-order chi connectivity index (χ0) is 19.9. The van der Waals surface area contributed by atoms with Crippen LogP contribution in [0, 0.1) is 12.8 Å². The molecular formula is C22H32N4O2. The molecule has 1 aliphatic rings. The standard InChI is InChI=1S/C22H32N4O2/c1-17(2)15-25-13-8-14-26(16-20(25)22-23-18(3)24-28-22)21(27)12-7-11-19-9-5-4-6-10-19/h4-6,9-10,17,20H,7-8,11-16H2,1-3H3. The van der Waals surface area contributed by atoms with E-state index in [9.17, 15) is 4.79 Å². The monoisotopic (exact) mass is 384 g/mol. The zero-order valence-electron chi connectivity index (χ0n) is 17.3. The lowest BCUT2D eigenvalue weighted by Gasteiger charge is -2.30. The Labute approximate surface area is 167 Å². The van der Waals surface area contributed by atoms with Gasteiger partial charge in [-0.1, -0.05) is 49.3 Å². The van der Waals surface area contributed by atoms with Crippen LogP contribution < -0.4 is 0 Å². The van der Waals surface area contributed by atoms with Crippen LogP contribution in [0.25, 0.3) is 0 Å². The molecule has 1 unspecified atom stereocenters. The highest BCUT2D eigenvalue weighted by atomic mass is 16.5. The maximum atomic E-state index is 12.9. The second-order valence-corrected chi connectivity index (χ2v) is 8.12.